The summed E-state index contributed by atoms with van der Waals surface area (Å²) in [6, 6.07) is 14.3. The van der Waals surface area contributed by atoms with Gasteiger partial charge >= 0.3 is 0 Å². The third-order valence-corrected chi connectivity index (χ3v) is 3.82. The van der Waals surface area contributed by atoms with Gasteiger partial charge in [0.2, 0.25) is 0 Å². The van der Waals surface area contributed by atoms with E-state index in [4.69, 9.17) is 4.74 Å². The number of para-hydroxylation sites is 1. The van der Waals surface area contributed by atoms with Gasteiger partial charge in [0.15, 0.2) is 0 Å². The van der Waals surface area contributed by atoms with Crippen LogP contribution in [0.2, 0.25) is 0 Å². The first-order valence-electron chi connectivity index (χ1n) is 6.87. The number of aliphatic hydroxyl groups is 1. The molecule has 0 bridgehead atoms. The van der Waals surface area contributed by atoms with E-state index in [9.17, 15) is 9.50 Å². The average molecular weight is 272 g/mol. The van der Waals surface area contributed by atoms with E-state index < -0.39 is 0 Å². The van der Waals surface area contributed by atoms with Gasteiger partial charge in [0.25, 0.3) is 0 Å². The standard InChI is InChI=1S/C17H17FO2/c18-15-7-5-12(6-8-15)14(11-19)10-16-9-13-3-1-2-4-17(13)20-16/h1-8,14,16,19H,9-11H2. The molecular weight excluding hydrogens is 255 g/mol. The van der Waals surface area contributed by atoms with E-state index >= 15 is 0 Å². The van der Waals surface area contributed by atoms with Crippen molar-refractivity contribution in [1.82, 2.24) is 0 Å². The van der Waals surface area contributed by atoms with Gasteiger partial charge in [-0.1, -0.05) is 30.3 Å². The van der Waals surface area contributed by atoms with Crippen LogP contribution >= 0.6 is 0 Å². The molecule has 1 aliphatic rings. The Balaban J connectivity index is 1.69. The summed E-state index contributed by atoms with van der Waals surface area (Å²) in [5.41, 5.74) is 2.17. The third kappa shape index (κ3) is 2.68. The van der Waals surface area contributed by atoms with Gasteiger partial charge in [-0.05, 0) is 35.7 Å². The van der Waals surface area contributed by atoms with Crippen LogP contribution in [0.15, 0.2) is 48.5 Å². The maximum atomic E-state index is 13.0. The molecule has 0 radical (unpaired) electrons. The average Bonchev–Trinajstić information content (AvgIpc) is 2.88. The van der Waals surface area contributed by atoms with Crippen LogP contribution in [0.1, 0.15) is 23.5 Å². The van der Waals surface area contributed by atoms with Gasteiger partial charge in [0.05, 0.1) is 6.61 Å². The Kier molecular flexibility index (Phi) is 3.70. The lowest BCUT2D eigenvalue weighted by molar-refractivity contribution is 0.179. The number of aliphatic hydroxyl groups excluding tert-OH is 1. The fourth-order valence-electron chi connectivity index (χ4n) is 2.75. The summed E-state index contributed by atoms with van der Waals surface area (Å²) in [5, 5.41) is 9.58. The highest BCUT2D eigenvalue weighted by molar-refractivity contribution is 5.37. The van der Waals surface area contributed by atoms with Crippen molar-refractivity contribution in [3.05, 3.63) is 65.5 Å². The topological polar surface area (TPSA) is 29.5 Å². The molecule has 104 valence electrons. The Morgan fingerprint density at radius 3 is 2.60 bits per heavy atom. The fourth-order valence-corrected chi connectivity index (χ4v) is 2.75. The normalized spacial score (nSPS) is 18.4. The Bertz CT molecular complexity index is 555. The van der Waals surface area contributed by atoms with Crippen molar-refractivity contribution in [3.63, 3.8) is 0 Å². The van der Waals surface area contributed by atoms with Crippen molar-refractivity contribution >= 4 is 0 Å². The number of ether oxygens (including phenoxy) is 1. The number of hydrogen-bond acceptors (Lipinski definition) is 2. The second-order valence-corrected chi connectivity index (χ2v) is 5.22. The van der Waals surface area contributed by atoms with E-state index in [-0.39, 0.29) is 24.4 Å². The lowest BCUT2D eigenvalue weighted by atomic mass is 9.92. The first-order chi connectivity index (χ1) is 9.76. The van der Waals surface area contributed by atoms with Crippen molar-refractivity contribution in [2.24, 2.45) is 0 Å². The van der Waals surface area contributed by atoms with Crippen LogP contribution in [0.4, 0.5) is 4.39 Å². The molecule has 1 aliphatic heterocycles. The zero-order chi connectivity index (χ0) is 13.9. The molecule has 2 aromatic rings. The van der Waals surface area contributed by atoms with Crippen LogP contribution < -0.4 is 4.74 Å². The summed E-state index contributed by atoms with van der Waals surface area (Å²) in [4.78, 5) is 0. The number of halogens is 1. The highest BCUT2D eigenvalue weighted by Crippen LogP contribution is 2.33. The van der Waals surface area contributed by atoms with Gasteiger partial charge < -0.3 is 9.84 Å². The van der Waals surface area contributed by atoms with Crippen molar-refractivity contribution in [1.29, 1.82) is 0 Å². The molecule has 1 heterocycles. The minimum Gasteiger partial charge on any atom is -0.490 e. The molecule has 0 aliphatic carbocycles. The zero-order valence-corrected chi connectivity index (χ0v) is 11.1. The number of hydrogen-bond donors (Lipinski definition) is 1. The third-order valence-electron chi connectivity index (χ3n) is 3.82. The highest BCUT2D eigenvalue weighted by atomic mass is 19.1. The van der Waals surface area contributed by atoms with Crippen LogP contribution in [0.5, 0.6) is 5.75 Å². The van der Waals surface area contributed by atoms with Crippen LogP contribution in [0, 0.1) is 5.82 Å². The number of rotatable bonds is 4. The van der Waals surface area contributed by atoms with Crippen LogP contribution in [0.3, 0.4) is 0 Å². The Hall–Kier alpha value is -1.87. The first kappa shape index (κ1) is 13.1. The minimum atomic E-state index is -0.255. The van der Waals surface area contributed by atoms with Crippen molar-refractivity contribution in [2.45, 2.75) is 24.9 Å². The minimum absolute atomic E-state index is 0.0186. The Morgan fingerprint density at radius 1 is 1.15 bits per heavy atom. The smallest absolute Gasteiger partial charge is 0.123 e. The molecular formula is C17H17FO2. The Morgan fingerprint density at radius 2 is 1.90 bits per heavy atom. The molecule has 0 saturated heterocycles. The molecule has 2 atom stereocenters. The van der Waals surface area contributed by atoms with E-state index in [1.165, 1.54) is 17.7 Å². The van der Waals surface area contributed by atoms with Gasteiger partial charge in [-0.15, -0.1) is 0 Å². The largest absolute Gasteiger partial charge is 0.490 e. The molecule has 0 spiro atoms. The second-order valence-electron chi connectivity index (χ2n) is 5.22. The monoisotopic (exact) mass is 272 g/mol. The predicted octanol–water partition coefficient (Wildman–Crippen LogP) is 3.30. The molecule has 2 nitrogen and oxygen atoms in total. The highest BCUT2D eigenvalue weighted by Gasteiger charge is 2.25. The maximum Gasteiger partial charge on any atom is 0.123 e. The predicted molar refractivity (Wildman–Crippen MR) is 75.4 cm³/mol. The van der Waals surface area contributed by atoms with E-state index in [1.807, 2.05) is 18.2 Å². The SMILES string of the molecule is OCC(CC1Cc2ccccc2O1)c1ccc(F)cc1. The van der Waals surface area contributed by atoms with Gasteiger partial charge in [0, 0.05) is 12.3 Å². The molecule has 0 aromatic heterocycles. The van der Waals surface area contributed by atoms with E-state index in [0.717, 1.165) is 24.2 Å². The first-order valence-corrected chi connectivity index (χ1v) is 6.87. The fraction of sp³-hybridized carbons (Fsp3) is 0.294. The Labute approximate surface area is 117 Å². The second kappa shape index (κ2) is 5.63. The molecule has 3 heteroatoms. The lowest BCUT2D eigenvalue weighted by Gasteiger charge is -2.19. The number of fused-ring (bicyclic) bond motifs is 1. The van der Waals surface area contributed by atoms with Crippen LogP contribution in [-0.2, 0) is 6.42 Å². The van der Waals surface area contributed by atoms with E-state index in [0.29, 0.717) is 0 Å². The quantitative estimate of drug-likeness (QED) is 0.925. The summed E-state index contributed by atoms with van der Waals surface area (Å²) in [6.45, 7) is 0.0435. The van der Waals surface area contributed by atoms with E-state index in [1.54, 1.807) is 12.1 Å². The zero-order valence-electron chi connectivity index (χ0n) is 11.1. The van der Waals surface area contributed by atoms with Gasteiger partial charge in [0.1, 0.15) is 17.7 Å². The maximum absolute atomic E-state index is 13.0. The number of benzene rings is 2. The van der Waals surface area contributed by atoms with Crippen molar-refractivity contribution < 1.29 is 14.2 Å². The lowest BCUT2D eigenvalue weighted by Crippen LogP contribution is -2.19. The summed E-state index contributed by atoms with van der Waals surface area (Å²) >= 11 is 0. The van der Waals surface area contributed by atoms with E-state index in [2.05, 4.69) is 6.07 Å². The van der Waals surface area contributed by atoms with Gasteiger partial charge in [-0.2, -0.15) is 0 Å². The van der Waals surface area contributed by atoms with Crippen LogP contribution in [0.25, 0.3) is 0 Å². The molecule has 0 fully saturated rings. The van der Waals surface area contributed by atoms with Gasteiger partial charge in [-0.25, -0.2) is 4.39 Å². The molecule has 20 heavy (non-hydrogen) atoms. The van der Waals surface area contributed by atoms with Crippen LogP contribution in [-0.4, -0.2) is 17.8 Å². The summed E-state index contributed by atoms with van der Waals surface area (Å²) in [7, 11) is 0. The summed E-state index contributed by atoms with van der Waals surface area (Å²) in [6.07, 6.45) is 1.68. The molecule has 2 unspecified atom stereocenters. The van der Waals surface area contributed by atoms with Crippen molar-refractivity contribution in [2.75, 3.05) is 6.61 Å². The summed E-state index contributed by atoms with van der Waals surface area (Å²) < 4.78 is 18.9. The van der Waals surface area contributed by atoms with Gasteiger partial charge in [-0.3, -0.25) is 0 Å². The molecule has 1 N–H and O–H groups in total. The molecule has 0 saturated carbocycles. The molecule has 3 rings (SSSR count). The molecule has 2 aromatic carbocycles. The molecule has 0 amide bonds. The summed E-state index contributed by atoms with van der Waals surface area (Å²) in [5.74, 6) is 0.665. The van der Waals surface area contributed by atoms with Crippen molar-refractivity contribution in [3.8, 4) is 5.75 Å².